The van der Waals surface area contributed by atoms with Gasteiger partial charge in [-0.05, 0) is 25.0 Å². The number of carbonyl (C=O) groups is 1. The summed E-state index contributed by atoms with van der Waals surface area (Å²) in [4.78, 5) is 11.6. The van der Waals surface area contributed by atoms with Gasteiger partial charge in [0.2, 0.25) is 0 Å². The van der Waals surface area contributed by atoms with Crippen LogP contribution in [0.3, 0.4) is 0 Å². The standard InChI is InChI=1S/C14H20O3/c15-13(16)14(11-12-7-6-10-17-12)8-4-2-1-3-5-9-14/h6-7,10H,1-5,8-9,11H2,(H,15,16). The van der Waals surface area contributed by atoms with E-state index < -0.39 is 11.4 Å². The van der Waals surface area contributed by atoms with Gasteiger partial charge in [0.15, 0.2) is 0 Å². The zero-order chi connectivity index (χ0) is 12.1. The van der Waals surface area contributed by atoms with Gasteiger partial charge in [-0.3, -0.25) is 4.79 Å². The Morgan fingerprint density at radius 3 is 2.41 bits per heavy atom. The van der Waals surface area contributed by atoms with E-state index in [1.165, 1.54) is 6.42 Å². The molecule has 0 unspecified atom stereocenters. The highest BCUT2D eigenvalue weighted by Gasteiger charge is 2.38. The molecule has 1 aromatic heterocycles. The molecule has 3 heteroatoms. The molecule has 1 aliphatic rings. The maximum absolute atomic E-state index is 11.6. The fourth-order valence-corrected chi connectivity index (χ4v) is 2.80. The third-order valence-corrected chi connectivity index (χ3v) is 3.86. The summed E-state index contributed by atoms with van der Waals surface area (Å²) in [6.07, 6.45) is 9.33. The van der Waals surface area contributed by atoms with Gasteiger partial charge in [0, 0.05) is 6.42 Å². The molecule has 0 aliphatic heterocycles. The van der Waals surface area contributed by atoms with E-state index in [0.29, 0.717) is 6.42 Å². The molecule has 0 saturated heterocycles. The summed E-state index contributed by atoms with van der Waals surface area (Å²) in [6.45, 7) is 0. The van der Waals surface area contributed by atoms with Crippen molar-refractivity contribution in [1.82, 2.24) is 0 Å². The molecule has 0 bridgehead atoms. The topological polar surface area (TPSA) is 50.4 Å². The molecule has 1 aliphatic carbocycles. The highest BCUT2D eigenvalue weighted by molar-refractivity contribution is 5.75. The van der Waals surface area contributed by atoms with Gasteiger partial charge in [-0.25, -0.2) is 0 Å². The molecule has 0 aromatic carbocycles. The number of rotatable bonds is 3. The second kappa shape index (κ2) is 5.39. The minimum absolute atomic E-state index is 0.537. The number of carboxylic acids is 1. The molecule has 1 fully saturated rings. The lowest BCUT2D eigenvalue weighted by Crippen LogP contribution is -2.34. The van der Waals surface area contributed by atoms with Gasteiger partial charge in [-0.1, -0.05) is 32.1 Å². The molecule has 1 aromatic rings. The van der Waals surface area contributed by atoms with Gasteiger partial charge in [0.05, 0.1) is 11.7 Å². The van der Waals surface area contributed by atoms with Gasteiger partial charge >= 0.3 is 5.97 Å². The SMILES string of the molecule is O=C(O)C1(Cc2ccco2)CCCCCCC1. The highest BCUT2D eigenvalue weighted by Crippen LogP contribution is 2.37. The Bertz CT molecular complexity index is 346. The first-order valence-corrected chi connectivity index (χ1v) is 6.49. The first-order chi connectivity index (χ1) is 8.23. The molecule has 2 rings (SSSR count). The fourth-order valence-electron chi connectivity index (χ4n) is 2.80. The molecule has 1 N–H and O–H groups in total. The summed E-state index contributed by atoms with van der Waals surface area (Å²) in [6, 6.07) is 3.71. The summed E-state index contributed by atoms with van der Waals surface area (Å²) in [5.41, 5.74) is -0.599. The molecular weight excluding hydrogens is 216 g/mol. The Morgan fingerprint density at radius 1 is 1.24 bits per heavy atom. The van der Waals surface area contributed by atoms with Gasteiger partial charge in [-0.2, -0.15) is 0 Å². The van der Waals surface area contributed by atoms with Gasteiger partial charge < -0.3 is 9.52 Å². The molecule has 1 saturated carbocycles. The maximum Gasteiger partial charge on any atom is 0.310 e. The van der Waals surface area contributed by atoms with Crippen LogP contribution in [0.4, 0.5) is 0 Å². The van der Waals surface area contributed by atoms with Crippen LogP contribution < -0.4 is 0 Å². The Hall–Kier alpha value is -1.25. The Labute approximate surface area is 102 Å². The lowest BCUT2D eigenvalue weighted by atomic mass is 9.73. The molecule has 94 valence electrons. The number of furan rings is 1. The summed E-state index contributed by atoms with van der Waals surface area (Å²) >= 11 is 0. The van der Waals surface area contributed by atoms with Crippen molar-refractivity contribution in [2.75, 3.05) is 0 Å². The van der Waals surface area contributed by atoms with E-state index in [0.717, 1.165) is 44.3 Å². The van der Waals surface area contributed by atoms with Crippen LogP contribution in [0.2, 0.25) is 0 Å². The number of aliphatic carboxylic acids is 1. The van der Waals surface area contributed by atoms with E-state index in [1.807, 2.05) is 12.1 Å². The predicted octanol–water partition coefficient (Wildman–Crippen LogP) is 3.64. The van der Waals surface area contributed by atoms with Crippen LogP contribution in [0, 0.1) is 5.41 Å². The van der Waals surface area contributed by atoms with Gasteiger partial charge in [-0.15, -0.1) is 0 Å². The van der Waals surface area contributed by atoms with Crippen molar-refractivity contribution in [1.29, 1.82) is 0 Å². The minimum Gasteiger partial charge on any atom is -0.481 e. The molecule has 0 amide bonds. The summed E-state index contributed by atoms with van der Waals surface area (Å²) < 4.78 is 5.32. The van der Waals surface area contributed by atoms with E-state index >= 15 is 0 Å². The Morgan fingerprint density at radius 2 is 1.88 bits per heavy atom. The van der Waals surface area contributed by atoms with Crippen molar-refractivity contribution >= 4 is 5.97 Å². The van der Waals surface area contributed by atoms with E-state index in [9.17, 15) is 9.90 Å². The van der Waals surface area contributed by atoms with Gasteiger partial charge in [0.1, 0.15) is 5.76 Å². The van der Waals surface area contributed by atoms with Crippen molar-refractivity contribution in [3.05, 3.63) is 24.2 Å². The third kappa shape index (κ3) is 2.90. The van der Waals surface area contributed by atoms with Crippen molar-refractivity contribution in [2.24, 2.45) is 5.41 Å². The van der Waals surface area contributed by atoms with E-state index in [2.05, 4.69) is 0 Å². The minimum atomic E-state index is -0.657. The monoisotopic (exact) mass is 236 g/mol. The first-order valence-electron chi connectivity index (χ1n) is 6.49. The molecule has 17 heavy (non-hydrogen) atoms. The van der Waals surface area contributed by atoms with Crippen molar-refractivity contribution in [3.8, 4) is 0 Å². The van der Waals surface area contributed by atoms with Crippen LogP contribution in [0.1, 0.15) is 50.7 Å². The second-order valence-electron chi connectivity index (χ2n) is 5.11. The zero-order valence-corrected chi connectivity index (χ0v) is 10.2. The molecular formula is C14H20O3. The predicted molar refractivity (Wildman–Crippen MR) is 64.8 cm³/mol. The van der Waals surface area contributed by atoms with E-state index in [-0.39, 0.29) is 0 Å². The normalized spacial score (nSPS) is 20.5. The molecule has 0 spiro atoms. The van der Waals surface area contributed by atoms with Crippen LogP contribution in [0.5, 0.6) is 0 Å². The highest BCUT2D eigenvalue weighted by atomic mass is 16.4. The Balaban J connectivity index is 2.14. The maximum atomic E-state index is 11.6. The lowest BCUT2D eigenvalue weighted by molar-refractivity contribution is -0.150. The van der Waals surface area contributed by atoms with E-state index in [4.69, 9.17) is 4.42 Å². The Kier molecular flexibility index (Phi) is 3.87. The zero-order valence-electron chi connectivity index (χ0n) is 10.2. The molecule has 1 heterocycles. The van der Waals surface area contributed by atoms with Crippen LogP contribution in [0.15, 0.2) is 22.8 Å². The summed E-state index contributed by atoms with van der Waals surface area (Å²) in [5.74, 6) is 0.142. The van der Waals surface area contributed by atoms with Crippen LogP contribution >= 0.6 is 0 Å². The average Bonchev–Trinajstić information content (AvgIpc) is 2.74. The van der Waals surface area contributed by atoms with Crippen molar-refractivity contribution in [2.45, 2.75) is 51.4 Å². The average molecular weight is 236 g/mol. The number of hydrogen-bond acceptors (Lipinski definition) is 2. The number of carboxylic acid groups (broad SMARTS) is 1. The summed E-state index contributed by atoms with van der Waals surface area (Å²) in [7, 11) is 0. The summed E-state index contributed by atoms with van der Waals surface area (Å²) in [5, 5.41) is 9.56. The van der Waals surface area contributed by atoms with Crippen LogP contribution in [-0.4, -0.2) is 11.1 Å². The third-order valence-electron chi connectivity index (χ3n) is 3.86. The quantitative estimate of drug-likeness (QED) is 0.871. The largest absolute Gasteiger partial charge is 0.481 e. The number of hydrogen-bond donors (Lipinski definition) is 1. The lowest BCUT2D eigenvalue weighted by Gasteiger charge is -2.30. The second-order valence-corrected chi connectivity index (χ2v) is 5.11. The van der Waals surface area contributed by atoms with Crippen LogP contribution in [-0.2, 0) is 11.2 Å². The van der Waals surface area contributed by atoms with Crippen molar-refractivity contribution in [3.63, 3.8) is 0 Å². The first kappa shape index (κ1) is 12.2. The van der Waals surface area contributed by atoms with Gasteiger partial charge in [0.25, 0.3) is 0 Å². The van der Waals surface area contributed by atoms with Crippen molar-refractivity contribution < 1.29 is 14.3 Å². The fraction of sp³-hybridized carbons (Fsp3) is 0.643. The molecule has 0 radical (unpaired) electrons. The van der Waals surface area contributed by atoms with E-state index in [1.54, 1.807) is 6.26 Å². The van der Waals surface area contributed by atoms with Crippen LogP contribution in [0.25, 0.3) is 0 Å². The smallest absolute Gasteiger partial charge is 0.310 e. The molecule has 0 atom stereocenters. The molecule has 3 nitrogen and oxygen atoms in total.